The number of hydrogen-bond acceptors (Lipinski definition) is 5. The molecule has 1 unspecified atom stereocenters. The second kappa shape index (κ2) is 7.97. The van der Waals surface area contributed by atoms with E-state index in [1.165, 1.54) is 10.4 Å². The average molecular weight is 368 g/mol. The molecule has 2 heterocycles. The molecule has 0 saturated carbocycles. The Morgan fingerprint density at radius 3 is 2.80 bits per heavy atom. The summed E-state index contributed by atoms with van der Waals surface area (Å²) in [5, 5.41) is 0.696. The summed E-state index contributed by atoms with van der Waals surface area (Å²) < 4.78 is 41.9. The molecule has 3 rings (SSSR count). The second-order valence-electron chi connectivity index (χ2n) is 5.90. The molecule has 1 fully saturated rings. The van der Waals surface area contributed by atoms with Crippen LogP contribution in [-0.4, -0.2) is 34.8 Å². The molecule has 1 aliphatic heterocycles. The largest absolute Gasteiger partial charge is 0.492 e. The van der Waals surface area contributed by atoms with Crippen molar-refractivity contribution < 1.29 is 17.2 Å². The molecule has 1 aromatic heterocycles. The number of benzene rings is 1. The molecule has 2 aromatic rings. The van der Waals surface area contributed by atoms with E-state index in [9.17, 15) is 12.9 Å². The molecule has 0 aliphatic carbocycles. The van der Waals surface area contributed by atoms with E-state index in [0.717, 1.165) is 19.3 Å². The van der Waals surface area contributed by atoms with Crippen molar-refractivity contribution in [2.75, 3.05) is 26.2 Å². The third kappa shape index (κ3) is 4.58. The minimum Gasteiger partial charge on any atom is -0.492 e. The van der Waals surface area contributed by atoms with Crippen LogP contribution in [0.1, 0.15) is 25.7 Å². The van der Waals surface area contributed by atoms with Crippen LogP contribution in [0.4, 0.5) is 3.89 Å². The molecular weight excluding hydrogens is 347 g/mol. The third-order valence-electron chi connectivity index (χ3n) is 4.06. The van der Waals surface area contributed by atoms with Gasteiger partial charge in [-0.2, -0.15) is 12.9 Å². The Bertz CT molecular complexity index is 899. The Balaban J connectivity index is 1.58. The summed E-state index contributed by atoms with van der Waals surface area (Å²) >= 11 is 0. The monoisotopic (exact) mass is 368 g/mol. The van der Waals surface area contributed by atoms with Crippen LogP contribution >= 0.6 is 0 Å². The summed E-state index contributed by atoms with van der Waals surface area (Å²) in [7, 11) is -3.78. The highest BCUT2D eigenvalue weighted by Gasteiger charge is 2.21. The van der Waals surface area contributed by atoms with Crippen molar-refractivity contribution in [2.45, 2.75) is 25.7 Å². The zero-order valence-corrected chi connectivity index (χ0v) is 14.7. The van der Waals surface area contributed by atoms with E-state index in [4.69, 9.17) is 9.15 Å². The van der Waals surface area contributed by atoms with Gasteiger partial charge >= 0.3 is 5.63 Å². The zero-order chi connectivity index (χ0) is 17.7. The van der Waals surface area contributed by atoms with E-state index < -0.39 is 15.9 Å². The quantitative estimate of drug-likeness (QED) is 0.445. The van der Waals surface area contributed by atoms with E-state index >= 15 is 0 Å². The van der Waals surface area contributed by atoms with Gasteiger partial charge in [-0.15, -0.1) is 3.89 Å². The van der Waals surface area contributed by atoms with E-state index in [0.29, 0.717) is 36.2 Å². The van der Waals surface area contributed by atoms with Crippen molar-refractivity contribution in [1.82, 2.24) is 4.31 Å². The van der Waals surface area contributed by atoms with Gasteiger partial charge in [-0.1, -0.05) is 18.6 Å². The summed E-state index contributed by atoms with van der Waals surface area (Å²) in [6, 6.07) is 8.36. The molecule has 136 valence electrons. The maximum Gasteiger partial charge on any atom is 0.339 e. The molecule has 8 heteroatoms. The molecule has 1 aliphatic rings. The van der Waals surface area contributed by atoms with E-state index in [-0.39, 0.29) is 13.2 Å². The Hall–Kier alpha value is -1.93. The summed E-state index contributed by atoms with van der Waals surface area (Å²) in [5.74, 6) is 0.420. The predicted octanol–water partition coefficient (Wildman–Crippen LogP) is 3.32. The number of fused-ring (bicyclic) bond motifs is 1. The standard InChI is InChI=1S/C17H21FN2O4S/c18-25(22,20-10-4-1-5-11-20)19-9-6-12-23-16-13-17(21)24-15-8-3-2-7-14(15)16/h2-3,7-8,13H,1,4-6,9-12H2. The summed E-state index contributed by atoms with van der Waals surface area (Å²) in [6.07, 6.45) is 3.15. The number of ether oxygens (including phenoxy) is 1. The molecular formula is C17H21FN2O4S. The number of rotatable bonds is 6. The van der Waals surface area contributed by atoms with Crippen LogP contribution in [0.3, 0.4) is 0 Å². The normalized spacial score (nSPS) is 18.0. The van der Waals surface area contributed by atoms with Crippen molar-refractivity contribution in [3.8, 4) is 5.75 Å². The van der Waals surface area contributed by atoms with Crippen LogP contribution in [0.25, 0.3) is 11.0 Å². The summed E-state index contributed by atoms with van der Waals surface area (Å²) in [5.41, 5.74) is -0.0400. The number of halogens is 1. The fourth-order valence-corrected chi connectivity index (χ4v) is 4.02. The minimum absolute atomic E-state index is 0.102. The first-order valence-electron chi connectivity index (χ1n) is 8.39. The summed E-state index contributed by atoms with van der Waals surface area (Å²) in [6.45, 7) is 1.32. The van der Waals surface area contributed by atoms with Gasteiger partial charge in [-0.05, 0) is 25.0 Å². The Labute approximate surface area is 146 Å². The Kier molecular flexibility index (Phi) is 5.70. The lowest BCUT2D eigenvalue weighted by Gasteiger charge is -2.24. The van der Waals surface area contributed by atoms with E-state index in [2.05, 4.69) is 4.36 Å². The topological polar surface area (TPSA) is 72.1 Å². The lowest BCUT2D eigenvalue weighted by Crippen LogP contribution is -2.33. The van der Waals surface area contributed by atoms with Crippen LogP contribution in [-0.2, 0) is 10.3 Å². The van der Waals surface area contributed by atoms with Crippen LogP contribution in [0.5, 0.6) is 5.75 Å². The maximum atomic E-state index is 14.2. The number of hydrogen-bond donors (Lipinski definition) is 0. The average Bonchev–Trinajstić information content (AvgIpc) is 2.62. The number of para-hydroxylation sites is 1. The molecule has 0 spiro atoms. The maximum absolute atomic E-state index is 14.2. The molecule has 0 N–H and O–H groups in total. The molecule has 0 radical (unpaired) electrons. The molecule has 1 saturated heterocycles. The van der Waals surface area contributed by atoms with Crippen LogP contribution in [0.15, 0.2) is 43.9 Å². The van der Waals surface area contributed by atoms with Crippen LogP contribution in [0, 0.1) is 0 Å². The van der Waals surface area contributed by atoms with Gasteiger partial charge in [0.2, 0.25) is 0 Å². The van der Waals surface area contributed by atoms with Crippen LogP contribution < -0.4 is 10.4 Å². The van der Waals surface area contributed by atoms with Gasteiger partial charge in [0.1, 0.15) is 11.3 Å². The lowest BCUT2D eigenvalue weighted by molar-refractivity contribution is 0.313. The highest BCUT2D eigenvalue weighted by molar-refractivity contribution is 7.86. The van der Waals surface area contributed by atoms with Crippen LogP contribution in [0.2, 0.25) is 0 Å². The van der Waals surface area contributed by atoms with Gasteiger partial charge in [0.25, 0.3) is 10.3 Å². The Morgan fingerprint density at radius 1 is 1.24 bits per heavy atom. The molecule has 1 atom stereocenters. The SMILES string of the molecule is O=c1cc(OCCCN=S(=O)(F)N2CCCCC2)c2ccccc2o1. The zero-order valence-electron chi connectivity index (χ0n) is 13.9. The fourth-order valence-electron chi connectivity index (χ4n) is 2.80. The molecule has 6 nitrogen and oxygen atoms in total. The van der Waals surface area contributed by atoms with Gasteiger partial charge in [-0.3, -0.25) is 0 Å². The Morgan fingerprint density at radius 2 is 2.00 bits per heavy atom. The number of nitrogens with zero attached hydrogens (tertiary/aromatic N) is 2. The minimum atomic E-state index is -3.78. The lowest BCUT2D eigenvalue weighted by atomic mass is 10.2. The highest BCUT2D eigenvalue weighted by Crippen LogP contribution is 2.23. The van der Waals surface area contributed by atoms with Gasteiger partial charge in [0, 0.05) is 19.5 Å². The predicted molar refractivity (Wildman–Crippen MR) is 94.6 cm³/mol. The van der Waals surface area contributed by atoms with Crippen molar-refractivity contribution in [2.24, 2.45) is 4.36 Å². The van der Waals surface area contributed by atoms with Crippen molar-refractivity contribution in [3.05, 3.63) is 40.8 Å². The van der Waals surface area contributed by atoms with Gasteiger partial charge in [-0.25, -0.2) is 4.79 Å². The van der Waals surface area contributed by atoms with Gasteiger partial charge in [0.05, 0.1) is 24.6 Å². The fraction of sp³-hybridized carbons (Fsp3) is 0.471. The summed E-state index contributed by atoms with van der Waals surface area (Å²) in [4.78, 5) is 11.5. The first-order chi connectivity index (χ1) is 12.1. The van der Waals surface area contributed by atoms with Crippen molar-refractivity contribution in [3.63, 3.8) is 0 Å². The number of piperidine rings is 1. The van der Waals surface area contributed by atoms with Gasteiger partial charge < -0.3 is 9.15 Å². The first kappa shape index (κ1) is 17.9. The van der Waals surface area contributed by atoms with E-state index in [1.54, 1.807) is 18.2 Å². The molecule has 25 heavy (non-hydrogen) atoms. The highest BCUT2D eigenvalue weighted by atomic mass is 32.3. The first-order valence-corrected chi connectivity index (χ1v) is 9.77. The molecule has 0 bridgehead atoms. The van der Waals surface area contributed by atoms with Crippen molar-refractivity contribution >= 4 is 21.3 Å². The van der Waals surface area contributed by atoms with E-state index in [1.807, 2.05) is 6.07 Å². The second-order valence-corrected chi connectivity index (χ2v) is 7.54. The van der Waals surface area contributed by atoms with Crippen molar-refractivity contribution in [1.29, 1.82) is 0 Å². The third-order valence-corrected chi connectivity index (χ3v) is 5.56. The van der Waals surface area contributed by atoms with Gasteiger partial charge in [0.15, 0.2) is 0 Å². The smallest absolute Gasteiger partial charge is 0.339 e. The molecule has 0 amide bonds. The molecule has 1 aromatic carbocycles.